The molecule has 0 aliphatic heterocycles. The normalized spacial score (nSPS) is 11.0. The Balaban J connectivity index is 1.83. The van der Waals surface area contributed by atoms with Crippen LogP contribution in [0.15, 0.2) is 18.2 Å². The van der Waals surface area contributed by atoms with Crippen LogP contribution in [0.4, 0.5) is 16.2 Å². The summed E-state index contributed by atoms with van der Waals surface area (Å²) in [5.74, 6) is 0.894. The van der Waals surface area contributed by atoms with Gasteiger partial charge in [-0.1, -0.05) is 121 Å². The van der Waals surface area contributed by atoms with Crippen LogP contribution in [0.1, 0.15) is 115 Å². The van der Waals surface area contributed by atoms with Gasteiger partial charge in [-0.15, -0.1) is 0 Å². The quantitative estimate of drug-likeness (QED) is 0.179. The van der Waals surface area contributed by atoms with E-state index in [0.717, 1.165) is 23.4 Å². The molecule has 0 saturated heterocycles. The fourth-order valence-corrected chi connectivity index (χ4v) is 4.45. The van der Waals surface area contributed by atoms with Crippen LogP contribution in [-0.2, 0) is 0 Å². The van der Waals surface area contributed by atoms with Crippen LogP contribution >= 0.6 is 11.8 Å². The second-order valence-corrected chi connectivity index (χ2v) is 9.71. The highest BCUT2D eigenvalue weighted by molar-refractivity contribution is 8.13. The molecular formula is C26H46N2OS. The van der Waals surface area contributed by atoms with Crippen molar-refractivity contribution in [1.29, 1.82) is 0 Å². The maximum atomic E-state index is 12.0. The number of carbonyl (C=O) groups is 1. The molecule has 172 valence electrons. The molecule has 0 aromatic heterocycles. The molecule has 0 aliphatic rings. The van der Waals surface area contributed by atoms with Gasteiger partial charge in [-0.25, -0.2) is 0 Å². The molecule has 1 rings (SSSR count). The molecule has 3 N–H and O–H groups in total. The number of hydrogen-bond acceptors (Lipinski definition) is 3. The average molecular weight is 435 g/mol. The lowest BCUT2D eigenvalue weighted by Crippen LogP contribution is -2.07. The van der Waals surface area contributed by atoms with Crippen molar-refractivity contribution in [2.45, 2.75) is 117 Å². The molecule has 0 atom stereocenters. The van der Waals surface area contributed by atoms with Gasteiger partial charge >= 0.3 is 0 Å². The zero-order valence-corrected chi connectivity index (χ0v) is 20.5. The van der Waals surface area contributed by atoms with E-state index in [2.05, 4.69) is 12.2 Å². The molecule has 1 amide bonds. The van der Waals surface area contributed by atoms with E-state index in [1.165, 1.54) is 108 Å². The first-order valence-corrected chi connectivity index (χ1v) is 13.4. The van der Waals surface area contributed by atoms with Crippen LogP contribution in [0, 0.1) is 6.92 Å². The molecule has 0 unspecified atom stereocenters. The molecule has 3 nitrogen and oxygen atoms in total. The Bertz CT molecular complexity index is 562. The molecule has 0 bridgehead atoms. The van der Waals surface area contributed by atoms with E-state index in [9.17, 15) is 4.79 Å². The number of unbranched alkanes of at least 4 members (excludes halogenated alkanes) is 15. The lowest BCUT2D eigenvalue weighted by Gasteiger charge is -2.08. The van der Waals surface area contributed by atoms with Crippen LogP contribution in [0.25, 0.3) is 0 Å². The predicted molar refractivity (Wildman–Crippen MR) is 137 cm³/mol. The van der Waals surface area contributed by atoms with E-state index >= 15 is 0 Å². The van der Waals surface area contributed by atoms with Crippen molar-refractivity contribution in [3.63, 3.8) is 0 Å². The first kappa shape index (κ1) is 26.9. The summed E-state index contributed by atoms with van der Waals surface area (Å²) in [6.45, 7) is 4.26. The van der Waals surface area contributed by atoms with Crippen LogP contribution in [0.2, 0.25) is 0 Å². The molecule has 0 saturated carbocycles. The summed E-state index contributed by atoms with van der Waals surface area (Å²) in [6, 6.07) is 5.61. The number of thioether (sulfide) groups is 1. The Morgan fingerprint density at radius 3 is 1.77 bits per heavy atom. The van der Waals surface area contributed by atoms with E-state index in [-0.39, 0.29) is 5.24 Å². The van der Waals surface area contributed by atoms with E-state index < -0.39 is 0 Å². The van der Waals surface area contributed by atoms with Crippen molar-refractivity contribution in [2.75, 3.05) is 16.8 Å². The van der Waals surface area contributed by atoms with Gasteiger partial charge in [-0.05, 0) is 31.0 Å². The number of aryl methyl sites for hydroxylation is 1. The van der Waals surface area contributed by atoms with Crippen molar-refractivity contribution in [2.24, 2.45) is 0 Å². The summed E-state index contributed by atoms with van der Waals surface area (Å²) in [7, 11) is 0. The minimum atomic E-state index is 0.0182. The highest BCUT2D eigenvalue weighted by Gasteiger charge is 2.05. The van der Waals surface area contributed by atoms with E-state index in [1.54, 1.807) is 0 Å². The van der Waals surface area contributed by atoms with Gasteiger partial charge in [0.25, 0.3) is 5.24 Å². The fourth-order valence-electron chi connectivity index (χ4n) is 3.74. The topological polar surface area (TPSA) is 55.1 Å². The minimum absolute atomic E-state index is 0.0182. The minimum Gasteiger partial charge on any atom is -0.399 e. The van der Waals surface area contributed by atoms with E-state index in [4.69, 9.17) is 5.73 Å². The molecule has 1 aromatic rings. The van der Waals surface area contributed by atoms with Gasteiger partial charge < -0.3 is 11.1 Å². The van der Waals surface area contributed by atoms with Gasteiger partial charge in [-0.3, -0.25) is 4.79 Å². The molecule has 0 spiro atoms. The van der Waals surface area contributed by atoms with E-state index in [1.807, 2.05) is 25.1 Å². The average Bonchev–Trinajstić information content (AvgIpc) is 2.73. The second kappa shape index (κ2) is 18.6. The lowest BCUT2D eigenvalue weighted by atomic mass is 10.0. The zero-order chi connectivity index (χ0) is 21.9. The van der Waals surface area contributed by atoms with Crippen molar-refractivity contribution in [1.82, 2.24) is 0 Å². The number of nitrogen functional groups attached to an aromatic ring is 1. The van der Waals surface area contributed by atoms with Gasteiger partial charge in [0.1, 0.15) is 0 Å². The number of hydrogen-bond donors (Lipinski definition) is 2. The fraction of sp³-hybridized carbons (Fsp3) is 0.731. The first-order chi connectivity index (χ1) is 14.6. The van der Waals surface area contributed by atoms with Gasteiger partial charge in [0.15, 0.2) is 0 Å². The Morgan fingerprint density at radius 1 is 0.800 bits per heavy atom. The third-order valence-electron chi connectivity index (χ3n) is 5.73. The summed E-state index contributed by atoms with van der Waals surface area (Å²) < 4.78 is 0. The van der Waals surface area contributed by atoms with Crippen molar-refractivity contribution >= 4 is 28.4 Å². The van der Waals surface area contributed by atoms with Crippen LogP contribution < -0.4 is 11.1 Å². The summed E-state index contributed by atoms with van der Waals surface area (Å²) >= 11 is 1.38. The summed E-state index contributed by atoms with van der Waals surface area (Å²) in [5, 5.41) is 2.97. The van der Waals surface area contributed by atoms with Crippen molar-refractivity contribution in [3.8, 4) is 0 Å². The number of carbonyl (C=O) groups excluding carboxylic acids is 1. The number of anilines is 2. The summed E-state index contributed by atoms with van der Waals surface area (Å²) in [4.78, 5) is 12.0. The Labute approximate surface area is 190 Å². The van der Waals surface area contributed by atoms with Gasteiger partial charge in [0, 0.05) is 17.1 Å². The van der Waals surface area contributed by atoms with Gasteiger partial charge in [0.05, 0.1) is 0 Å². The number of nitrogens with one attached hydrogen (secondary N) is 1. The Morgan fingerprint density at radius 2 is 1.27 bits per heavy atom. The molecule has 0 radical (unpaired) electrons. The summed E-state index contributed by atoms with van der Waals surface area (Å²) in [6.07, 6.45) is 22.0. The largest absolute Gasteiger partial charge is 0.399 e. The maximum absolute atomic E-state index is 12.0. The molecule has 4 heteroatoms. The standard InChI is InChI=1S/C26H46N2OS/c1-3-4-5-6-7-8-9-10-11-12-13-14-15-16-17-18-21-30-26(29)28-25-22-24(27)20-19-23(25)2/h19-20,22H,3-18,21,27H2,1-2H3,(H,28,29). The Kier molecular flexibility index (Phi) is 16.7. The second-order valence-electron chi connectivity index (χ2n) is 8.64. The maximum Gasteiger partial charge on any atom is 0.283 e. The monoisotopic (exact) mass is 434 g/mol. The Hall–Kier alpha value is -1.16. The lowest BCUT2D eigenvalue weighted by molar-refractivity contribution is 0.269. The van der Waals surface area contributed by atoms with Gasteiger partial charge in [-0.2, -0.15) is 0 Å². The highest BCUT2D eigenvalue weighted by Crippen LogP contribution is 2.21. The molecule has 0 fully saturated rings. The molecule has 0 aliphatic carbocycles. The van der Waals surface area contributed by atoms with Gasteiger partial charge in [0.2, 0.25) is 0 Å². The molecule has 30 heavy (non-hydrogen) atoms. The van der Waals surface area contributed by atoms with Crippen LogP contribution in [0.3, 0.4) is 0 Å². The van der Waals surface area contributed by atoms with Crippen LogP contribution in [-0.4, -0.2) is 11.0 Å². The zero-order valence-electron chi connectivity index (χ0n) is 19.6. The molecular weight excluding hydrogens is 388 g/mol. The van der Waals surface area contributed by atoms with Crippen molar-refractivity contribution < 1.29 is 4.79 Å². The molecule has 1 aromatic carbocycles. The SMILES string of the molecule is CCCCCCCCCCCCCCCCCCSC(=O)Nc1cc(N)ccc1C. The highest BCUT2D eigenvalue weighted by atomic mass is 32.2. The van der Waals surface area contributed by atoms with Crippen LogP contribution in [0.5, 0.6) is 0 Å². The number of amides is 1. The predicted octanol–water partition coefficient (Wildman–Crippen LogP) is 9.10. The first-order valence-electron chi connectivity index (χ1n) is 12.4. The third kappa shape index (κ3) is 14.8. The van der Waals surface area contributed by atoms with E-state index in [0.29, 0.717) is 5.69 Å². The number of nitrogens with two attached hydrogens (primary N) is 1. The summed E-state index contributed by atoms with van der Waals surface area (Å²) in [5.41, 5.74) is 8.33. The van der Waals surface area contributed by atoms with Crippen molar-refractivity contribution in [3.05, 3.63) is 23.8 Å². The molecule has 0 heterocycles. The number of benzene rings is 1. The third-order valence-corrected chi connectivity index (χ3v) is 6.59. The smallest absolute Gasteiger partial charge is 0.283 e. The number of rotatable bonds is 18.